The summed E-state index contributed by atoms with van der Waals surface area (Å²) >= 11 is 0. The molecule has 1 heterocycles. The number of aryl methyl sites for hydroxylation is 2. The van der Waals surface area contributed by atoms with E-state index < -0.39 is 0 Å². The van der Waals surface area contributed by atoms with Gasteiger partial charge < -0.3 is 20.5 Å². The molecule has 146 valence electrons. The quantitative estimate of drug-likeness (QED) is 0.490. The number of benzene rings is 1. The van der Waals surface area contributed by atoms with Gasteiger partial charge in [0.1, 0.15) is 5.76 Å². The molecule has 0 spiro atoms. The number of amides is 1. The molecule has 0 saturated carbocycles. The van der Waals surface area contributed by atoms with Crippen LogP contribution in [-0.4, -0.2) is 23.6 Å². The number of rotatable bonds is 8. The molecule has 0 aliphatic carbocycles. The molecule has 2 rings (SSSR count). The van der Waals surface area contributed by atoms with Crippen LogP contribution in [0.4, 0.5) is 5.69 Å². The van der Waals surface area contributed by atoms with E-state index >= 15 is 0 Å². The zero-order chi connectivity index (χ0) is 19.6. The lowest BCUT2D eigenvalue weighted by molar-refractivity contribution is -0.114. The summed E-state index contributed by atoms with van der Waals surface area (Å²) in [6.45, 7) is 9.55. The number of anilines is 1. The molecule has 1 aromatic carbocycles. The van der Waals surface area contributed by atoms with Crippen molar-refractivity contribution >= 4 is 17.6 Å². The Kier molecular flexibility index (Phi) is 7.85. The number of aromatic nitrogens is 1. The van der Waals surface area contributed by atoms with Gasteiger partial charge in [-0.2, -0.15) is 0 Å². The number of carbonyl (C=O) groups is 1. The van der Waals surface area contributed by atoms with E-state index in [9.17, 15) is 4.79 Å². The van der Waals surface area contributed by atoms with E-state index in [1.807, 2.05) is 31.2 Å². The van der Waals surface area contributed by atoms with Gasteiger partial charge in [-0.1, -0.05) is 31.1 Å². The molecule has 0 unspecified atom stereocenters. The number of nitrogens with zero attached hydrogens (tertiary/aromatic N) is 2. The van der Waals surface area contributed by atoms with Crippen molar-refractivity contribution in [2.75, 3.05) is 11.9 Å². The monoisotopic (exact) mass is 371 g/mol. The van der Waals surface area contributed by atoms with Crippen LogP contribution in [0.3, 0.4) is 0 Å². The summed E-state index contributed by atoms with van der Waals surface area (Å²) in [5, 5.41) is 13.6. The third-order valence-electron chi connectivity index (χ3n) is 4.05. The Labute approximate surface area is 160 Å². The second-order valence-electron chi connectivity index (χ2n) is 6.17. The predicted molar refractivity (Wildman–Crippen MR) is 108 cm³/mol. The summed E-state index contributed by atoms with van der Waals surface area (Å²) in [6, 6.07) is 7.69. The fourth-order valence-corrected chi connectivity index (χ4v) is 2.77. The first-order chi connectivity index (χ1) is 13.1. The first-order valence-corrected chi connectivity index (χ1v) is 9.42. The molecule has 0 aliphatic heterocycles. The standard InChI is InChI=1S/C20H29N5O2/c1-5-18-17(19(6-2)27-25-18)13-23-20(21-7-3)22-12-15-9-8-10-16(11-15)24-14(4)26/h8-11H,5-7,12-13H2,1-4H3,(H,24,26)(H2,21,22,23). The van der Waals surface area contributed by atoms with Gasteiger partial charge in [-0.25, -0.2) is 4.99 Å². The van der Waals surface area contributed by atoms with E-state index in [0.717, 1.165) is 53.6 Å². The molecule has 0 atom stereocenters. The lowest BCUT2D eigenvalue weighted by Gasteiger charge is -2.12. The van der Waals surface area contributed by atoms with Crippen LogP contribution < -0.4 is 16.0 Å². The van der Waals surface area contributed by atoms with Crippen molar-refractivity contribution in [2.24, 2.45) is 4.99 Å². The molecule has 0 radical (unpaired) electrons. The minimum absolute atomic E-state index is 0.0853. The van der Waals surface area contributed by atoms with Crippen LogP contribution in [0.5, 0.6) is 0 Å². The molecule has 0 saturated heterocycles. The summed E-state index contributed by atoms with van der Waals surface area (Å²) in [6.07, 6.45) is 1.65. The number of carbonyl (C=O) groups excluding carboxylic acids is 1. The summed E-state index contributed by atoms with van der Waals surface area (Å²) in [5.41, 5.74) is 3.89. The van der Waals surface area contributed by atoms with E-state index in [2.05, 4.69) is 39.9 Å². The summed E-state index contributed by atoms with van der Waals surface area (Å²) in [7, 11) is 0. The van der Waals surface area contributed by atoms with Gasteiger partial charge in [-0.3, -0.25) is 4.79 Å². The maximum atomic E-state index is 11.2. The summed E-state index contributed by atoms with van der Waals surface area (Å²) in [4.78, 5) is 15.9. The van der Waals surface area contributed by atoms with Crippen LogP contribution in [-0.2, 0) is 30.7 Å². The second kappa shape index (κ2) is 10.4. The van der Waals surface area contributed by atoms with Gasteiger partial charge >= 0.3 is 0 Å². The number of nitrogens with one attached hydrogen (secondary N) is 3. The summed E-state index contributed by atoms with van der Waals surface area (Å²) in [5.74, 6) is 1.56. The minimum atomic E-state index is -0.0853. The average Bonchev–Trinajstić information content (AvgIpc) is 3.05. The Morgan fingerprint density at radius 1 is 1.19 bits per heavy atom. The van der Waals surface area contributed by atoms with E-state index in [1.54, 1.807) is 0 Å². The van der Waals surface area contributed by atoms with Crippen molar-refractivity contribution < 1.29 is 9.32 Å². The van der Waals surface area contributed by atoms with Crippen molar-refractivity contribution in [1.82, 2.24) is 15.8 Å². The number of hydrogen-bond donors (Lipinski definition) is 3. The molecule has 1 aromatic heterocycles. The normalized spacial score (nSPS) is 11.3. The van der Waals surface area contributed by atoms with Gasteiger partial charge in [-0.05, 0) is 31.0 Å². The Balaban J connectivity index is 2.06. The summed E-state index contributed by atoms with van der Waals surface area (Å²) < 4.78 is 5.42. The van der Waals surface area contributed by atoms with Gasteiger partial charge in [0.05, 0.1) is 12.2 Å². The van der Waals surface area contributed by atoms with Crippen molar-refractivity contribution in [3.05, 3.63) is 46.8 Å². The van der Waals surface area contributed by atoms with E-state index in [1.165, 1.54) is 6.92 Å². The molecule has 7 nitrogen and oxygen atoms in total. The molecule has 0 bridgehead atoms. The van der Waals surface area contributed by atoms with Crippen LogP contribution >= 0.6 is 0 Å². The number of hydrogen-bond acceptors (Lipinski definition) is 4. The largest absolute Gasteiger partial charge is 0.361 e. The predicted octanol–water partition coefficient (Wildman–Crippen LogP) is 3.01. The highest BCUT2D eigenvalue weighted by atomic mass is 16.5. The zero-order valence-corrected chi connectivity index (χ0v) is 16.6. The van der Waals surface area contributed by atoms with Crippen LogP contribution in [0.15, 0.2) is 33.8 Å². The van der Waals surface area contributed by atoms with Gasteiger partial charge in [0, 0.05) is 37.7 Å². The fraction of sp³-hybridized carbons (Fsp3) is 0.450. The smallest absolute Gasteiger partial charge is 0.221 e. The molecule has 7 heteroatoms. The van der Waals surface area contributed by atoms with Crippen LogP contribution in [0.2, 0.25) is 0 Å². The van der Waals surface area contributed by atoms with Crippen LogP contribution in [0, 0.1) is 0 Å². The van der Waals surface area contributed by atoms with Crippen LogP contribution in [0.25, 0.3) is 0 Å². The number of guanidine groups is 1. The average molecular weight is 371 g/mol. The van der Waals surface area contributed by atoms with Crippen molar-refractivity contribution in [1.29, 1.82) is 0 Å². The molecular weight excluding hydrogens is 342 g/mol. The minimum Gasteiger partial charge on any atom is -0.361 e. The second-order valence-corrected chi connectivity index (χ2v) is 6.17. The number of aliphatic imine (C=N–C) groups is 1. The maximum absolute atomic E-state index is 11.2. The van der Waals surface area contributed by atoms with Gasteiger partial charge in [0.25, 0.3) is 0 Å². The molecule has 1 amide bonds. The molecule has 2 aromatic rings. The highest BCUT2D eigenvalue weighted by Crippen LogP contribution is 2.15. The third kappa shape index (κ3) is 6.13. The highest BCUT2D eigenvalue weighted by molar-refractivity contribution is 5.88. The Hall–Kier alpha value is -2.83. The van der Waals surface area contributed by atoms with E-state index in [-0.39, 0.29) is 5.91 Å². The molecule has 27 heavy (non-hydrogen) atoms. The molecule has 0 fully saturated rings. The topological polar surface area (TPSA) is 91.5 Å². The Bertz CT molecular complexity index is 761. The molecule has 0 aliphatic rings. The van der Waals surface area contributed by atoms with Gasteiger partial charge in [0.2, 0.25) is 5.91 Å². The fourth-order valence-electron chi connectivity index (χ4n) is 2.77. The lowest BCUT2D eigenvalue weighted by Crippen LogP contribution is -2.37. The van der Waals surface area contributed by atoms with Crippen molar-refractivity contribution in [3.63, 3.8) is 0 Å². The Morgan fingerprint density at radius 3 is 2.67 bits per heavy atom. The molecule has 3 N–H and O–H groups in total. The first-order valence-electron chi connectivity index (χ1n) is 9.42. The SMILES string of the molecule is CCNC(=NCc1cccc(NC(C)=O)c1)NCc1c(CC)noc1CC. The van der Waals surface area contributed by atoms with Crippen LogP contribution in [0.1, 0.15) is 50.3 Å². The van der Waals surface area contributed by atoms with E-state index in [0.29, 0.717) is 13.1 Å². The van der Waals surface area contributed by atoms with E-state index in [4.69, 9.17) is 4.52 Å². The van der Waals surface area contributed by atoms with Crippen molar-refractivity contribution in [2.45, 2.75) is 53.6 Å². The van der Waals surface area contributed by atoms with Crippen molar-refractivity contribution in [3.8, 4) is 0 Å². The third-order valence-corrected chi connectivity index (χ3v) is 4.05. The molecular formula is C20H29N5O2. The van der Waals surface area contributed by atoms with Gasteiger partial charge in [0.15, 0.2) is 5.96 Å². The van der Waals surface area contributed by atoms with Gasteiger partial charge in [-0.15, -0.1) is 0 Å². The Morgan fingerprint density at radius 2 is 2.00 bits per heavy atom. The lowest BCUT2D eigenvalue weighted by atomic mass is 10.1. The first kappa shape index (κ1) is 20.5. The zero-order valence-electron chi connectivity index (χ0n) is 16.6. The maximum Gasteiger partial charge on any atom is 0.221 e. The highest BCUT2D eigenvalue weighted by Gasteiger charge is 2.13.